The minimum Gasteiger partial charge on any atom is -0.335 e. The van der Waals surface area contributed by atoms with E-state index in [9.17, 15) is 5.26 Å². The molecular weight excluding hydrogens is 262 g/mol. The zero-order valence-corrected chi connectivity index (χ0v) is 13.1. The molecule has 2 heterocycles. The van der Waals surface area contributed by atoms with Crippen molar-refractivity contribution in [2.45, 2.75) is 45.6 Å². The predicted octanol–water partition coefficient (Wildman–Crippen LogP) is 2.35. The van der Waals surface area contributed by atoms with Crippen LogP contribution in [0.4, 0.5) is 0 Å². The Balaban J connectivity index is 2.04. The molecule has 1 aliphatic heterocycles. The first-order chi connectivity index (χ1) is 10.1. The molecule has 0 N–H and O–H groups in total. The largest absolute Gasteiger partial charge is 0.335 e. The molecule has 0 fully saturated rings. The zero-order valence-electron chi connectivity index (χ0n) is 13.1. The lowest BCUT2D eigenvalue weighted by Gasteiger charge is -2.28. The summed E-state index contributed by atoms with van der Waals surface area (Å²) in [5.41, 5.74) is 2.49. The molecule has 0 radical (unpaired) electrons. The first-order valence-corrected chi connectivity index (χ1v) is 7.60. The van der Waals surface area contributed by atoms with Crippen molar-refractivity contribution in [2.24, 2.45) is 13.0 Å². The number of fused-ring (bicyclic) bond motifs is 1. The number of rotatable bonds is 5. The number of imidazole rings is 1. The standard InChI is InChI=1S/C16H23N5/c1-12(2)16-19-14-11-21(8-6-15(14)20(16)3)10-13(9-18)5-4-7-17/h12-13H,4-6,8,10-11H2,1-3H3. The maximum Gasteiger partial charge on any atom is 0.111 e. The smallest absolute Gasteiger partial charge is 0.111 e. The predicted molar refractivity (Wildman–Crippen MR) is 80.2 cm³/mol. The molecule has 112 valence electrons. The van der Waals surface area contributed by atoms with Crippen molar-refractivity contribution in [3.05, 3.63) is 17.2 Å². The first kappa shape index (κ1) is 15.5. The third-order valence-electron chi connectivity index (χ3n) is 4.15. The molecule has 1 aromatic heterocycles. The van der Waals surface area contributed by atoms with Gasteiger partial charge in [-0.15, -0.1) is 0 Å². The highest BCUT2D eigenvalue weighted by atomic mass is 15.2. The molecule has 0 bridgehead atoms. The summed E-state index contributed by atoms with van der Waals surface area (Å²) < 4.78 is 2.23. The van der Waals surface area contributed by atoms with Gasteiger partial charge in [-0.1, -0.05) is 13.8 Å². The fourth-order valence-electron chi connectivity index (χ4n) is 3.02. The zero-order chi connectivity index (χ0) is 15.4. The van der Waals surface area contributed by atoms with Gasteiger partial charge in [-0.3, -0.25) is 4.90 Å². The second-order valence-electron chi connectivity index (χ2n) is 6.09. The van der Waals surface area contributed by atoms with E-state index in [1.54, 1.807) is 0 Å². The quantitative estimate of drug-likeness (QED) is 0.832. The molecule has 2 rings (SSSR count). The summed E-state index contributed by atoms with van der Waals surface area (Å²) in [6, 6.07) is 4.45. The maximum atomic E-state index is 9.19. The van der Waals surface area contributed by atoms with Crippen molar-refractivity contribution in [3.8, 4) is 12.1 Å². The van der Waals surface area contributed by atoms with Gasteiger partial charge >= 0.3 is 0 Å². The number of nitrogens with zero attached hydrogens (tertiary/aromatic N) is 5. The van der Waals surface area contributed by atoms with Crippen molar-refractivity contribution in [3.63, 3.8) is 0 Å². The minimum absolute atomic E-state index is 0.0560. The van der Waals surface area contributed by atoms with Crippen molar-refractivity contribution in [1.82, 2.24) is 14.5 Å². The Morgan fingerprint density at radius 1 is 1.33 bits per heavy atom. The summed E-state index contributed by atoms with van der Waals surface area (Å²) in [5.74, 6) is 1.51. The molecule has 0 aliphatic carbocycles. The summed E-state index contributed by atoms with van der Waals surface area (Å²) in [6.07, 6.45) is 2.11. The SMILES string of the molecule is CC(C)c1nc2c(n1C)CCN(CC(C#N)CCC#N)C2. The summed E-state index contributed by atoms with van der Waals surface area (Å²) in [4.78, 5) is 7.08. The molecule has 0 saturated heterocycles. The fourth-order valence-corrected chi connectivity index (χ4v) is 3.02. The van der Waals surface area contributed by atoms with E-state index in [1.807, 2.05) is 0 Å². The highest BCUT2D eigenvalue weighted by Crippen LogP contribution is 2.24. The van der Waals surface area contributed by atoms with Crippen LogP contribution in [-0.2, 0) is 20.0 Å². The van der Waals surface area contributed by atoms with Gasteiger partial charge in [0.15, 0.2) is 0 Å². The lowest BCUT2D eigenvalue weighted by atomic mass is 10.0. The highest BCUT2D eigenvalue weighted by molar-refractivity contribution is 5.21. The molecule has 1 aromatic rings. The van der Waals surface area contributed by atoms with E-state index < -0.39 is 0 Å². The van der Waals surface area contributed by atoms with Gasteiger partial charge in [-0.05, 0) is 6.42 Å². The fraction of sp³-hybridized carbons (Fsp3) is 0.688. The minimum atomic E-state index is -0.0560. The molecule has 0 aromatic carbocycles. The topological polar surface area (TPSA) is 68.6 Å². The van der Waals surface area contributed by atoms with E-state index in [0.29, 0.717) is 18.8 Å². The van der Waals surface area contributed by atoms with E-state index in [4.69, 9.17) is 10.2 Å². The van der Waals surface area contributed by atoms with Crippen LogP contribution in [0.3, 0.4) is 0 Å². The van der Waals surface area contributed by atoms with Crippen LogP contribution >= 0.6 is 0 Å². The van der Waals surface area contributed by atoms with Gasteiger partial charge in [0, 0.05) is 51.1 Å². The molecule has 0 amide bonds. The average molecular weight is 285 g/mol. The van der Waals surface area contributed by atoms with Crippen LogP contribution in [-0.4, -0.2) is 27.5 Å². The van der Waals surface area contributed by atoms with Crippen molar-refractivity contribution >= 4 is 0 Å². The van der Waals surface area contributed by atoms with Crippen LogP contribution in [0.15, 0.2) is 0 Å². The average Bonchev–Trinajstić information content (AvgIpc) is 2.80. The van der Waals surface area contributed by atoms with E-state index in [0.717, 1.165) is 37.6 Å². The molecule has 5 nitrogen and oxygen atoms in total. The summed E-state index contributed by atoms with van der Waals surface area (Å²) in [6.45, 7) is 6.86. The van der Waals surface area contributed by atoms with Crippen LogP contribution in [0.5, 0.6) is 0 Å². The molecule has 5 heteroatoms. The van der Waals surface area contributed by atoms with Gasteiger partial charge in [0.25, 0.3) is 0 Å². The lowest BCUT2D eigenvalue weighted by Crippen LogP contribution is -2.34. The monoisotopic (exact) mass is 285 g/mol. The third-order valence-corrected chi connectivity index (χ3v) is 4.15. The van der Waals surface area contributed by atoms with E-state index in [-0.39, 0.29) is 5.92 Å². The van der Waals surface area contributed by atoms with Gasteiger partial charge in [-0.2, -0.15) is 10.5 Å². The Hall–Kier alpha value is -1.85. The molecule has 1 unspecified atom stereocenters. The highest BCUT2D eigenvalue weighted by Gasteiger charge is 2.25. The van der Waals surface area contributed by atoms with E-state index >= 15 is 0 Å². The normalized spacial score (nSPS) is 16.3. The number of aromatic nitrogens is 2. The molecule has 1 aliphatic rings. The van der Waals surface area contributed by atoms with Gasteiger partial charge in [0.05, 0.1) is 23.8 Å². The number of nitriles is 2. The number of hydrogen-bond acceptors (Lipinski definition) is 4. The molecule has 21 heavy (non-hydrogen) atoms. The van der Waals surface area contributed by atoms with E-state index in [2.05, 4.69) is 42.5 Å². The Bertz CT molecular complexity index is 573. The Labute approximate surface area is 126 Å². The Morgan fingerprint density at radius 2 is 2.10 bits per heavy atom. The second-order valence-corrected chi connectivity index (χ2v) is 6.09. The third kappa shape index (κ3) is 3.43. The van der Waals surface area contributed by atoms with Crippen LogP contribution in [0.1, 0.15) is 49.8 Å². The lowest BCUT2D eigenvalue weighted by molar-refractivity contribution is 0.224. The molecule has 1 atom stereocenters. The van der Waals surface area contributed by atoms with Crippen molar-refractivity contribution in [1.29, 1.82) is 10.5 Å². The summed E-state index contributed by atoms with van der Waals surface area (Å²) in [7, 11) is 2.10. The van der Waals surface area contributed by atoms with Crippen molar-refractivity contribution < 1.29 is 0 Å². The van der Waals surface area contributed by atoms with E-state index in [1.165, 1.54) is 5.69 Å². The van der Waals surface area contributed by atoms with Crippen LogP contribution in [0, 0.1) is 28.6 Å². The summed E-state index contributed by atoms with van der Waals surface area (Å²) >= 11 is 0. The van der Waals surface area contributed by atoms with Crippen LogP contribution in [0.2, 0.25) is 0 Å². The molecular formula is C16H23N5. The second kappa shape index (κ2) is 6.74. The van der Waals surface area contributed by atoms with Gasteiger partial charge < -0.3 is 4.57 Å². The maximum absolute atomic E-state index is 9.19. The Kier molecular flexibility index (Phi) is 4.98. The van der Waals surface area contributed by atoms with Crippen molar-refractivity contribution in [2.75, 3.05) is 13.1 Å². The molecule has 0 spiro atoms. The van der Waals surface area contributed by atoms with Crippen LogP contribution < -0.4 is 0 Å². The number of hydrogen-bond donors (Lipinski definition) is 0. The van der Waals surface area contributed by atoms with Crippen LogP contribution in [0.25, 0.3) is 0 Å². The van der Waals surface area contributed by atoms with Gasteiger partial charge in [0.1, 0.15) is 5.82 Å². The summed E-state index contributed by atoms with van der Waals surface area (Å²) in [5, 5.41) is 17.8. The van der Waals surface area contributed by atoms with Gasteiger partial charge in [-0.25, -0.2) is 4.98 Å². The van der Waals surface area contributed by atoms with Gasteiger partial charge in [0.2, 0.25) is 0 Å². The first-order valence-electron chi connectivity index (χ1n) is 7.60. The Morgan fingerprint density at radius 3 is 2.71 bits per heavy atom. The molecule has 0 saturated carbocycles.